The van der Waals surface area contributed by atoms with Gasteiger partial charge in [-0.25, -0.2) is 0 Å². The standard InChI is InChI=1S/C10H23N3O3/c1-9(2)13(8-10(11)12-14)4-5-16-7-6-15-3/h9,14H,4-8H2,1-3H3,(H2,11,12). The third-order valence-corrected chi connectivity index (χ3v) is 2.18. The van der Waals surface area contributed by atoms with Gasteiger partial charge >= 0.3 is 0 Å². The first-order valence-electron chi connectivity index (χ1n) is 5.39. The maximum absolute atomic E-state index is 8.50. The van der Waals surface area contributed by atoms with E-state index >= 15 is 0 Å². The highest BCUT2D eigenvalue weighted by molar-refractivity contribution is 5.81. The Kier molecular flexibility index (Phi) is 8.88. The predicted octanol–water partition coefficient (Wildman–Crippen LogP) is 0.106. The molecule has 0 aliphatic carbocycles. The van der Waals surface area contributed by atoms with Gasteiger partial charge in [0.15, 0.2) is 5.84 Å². The molecule has 0 saturated heterocycles. The molecule has 0 unspecified atom stereocenters. The summed E-state index contributed by atoms with van der Waals surface area (Å²) in [4.78, 5) is 2.07. The molecule has 0 aliphatic rings. The van der Waals surface area contributed by atoms with Crippen LogP contribution in [0.2, 0.25) is 0 Å². The van der Waals surface area contributed by atoms with Crippen LogP contribution >= 0.6 is 0 Å². The molecule has 0 amide bonds. The summed E-state index contributed by atoms with van der Waals surface area (Å²) < 4.78 is 10.2. The zero-order valence-electron chi connectivity index (χ0n) is 10.3. The molecular weight excluding hydrogens is 210 g/mol. The van der Waals surface area contributed by atoms with Crippen molar-refractivity contribution in [1.82, 2.24) is 4.90 Å². The van der Waals surface area contributed by atoms with Crippen LogP contribution in [0.1, 0.15) is 13.8 Å². The smallest absolute Gasteiger partial charge is 0.153 e. The lowest BCUT2D eigenvalue weighted by molar-refractivity contribution is 0.0550. The van der Waals surface area contributed by atoms with Gasteiger partial charge in [0, 0.05) is 19.7 Å². The van der Waals surface area contributed by atoms with Crippen molar-refractivity contribution in [1.29, 1.82) is 0 Å². The van der Waals surface area contributed by atoms with Gasteiger partial charge in [0.1, 0.15) is 0 Å². The number of rotatable bonds is 9. The topological polar surface area (TPSA) is 80.3 Å². The van der Waals surface area contributed by atoms with Gasteiger partial charge in [-0.05, 0) is 13.8 Å². The molecule has 0 fully saturated rings. The quantitative estimate of drug-likeness (QED) is 0.194. The zero-order valence-corrected chi connectivity index (χ0v) is 10.3. The highest BCUT2D eigenvalue weighted by Crippen LogP contribution is 1.97. The number of nitrogens with two attached hydrogens (primary N) is 1. The minimum Gasteiger partial charge on any atom is -0.409 e. The highest BCUT2D eigenvalue weighted by atomic mass is 16.5. The average molecular weight is 233 g/mol. The molecule has 0 atom stereocenters. The maximum atomic E-state index is 8.50. The van der Waals surface area contributed by atoms with Crippen LogP contribution in [0.25, 0.3) is 0 Å². The lowest BCUT2D eigenvalue weighted by Gasteiger charge is -2.25. The Bertz CT molecular complexity index is 198. The van der Waals surface area contributed by atoms with Crippen molar-refractivity contribution in [2.45, 2.75) is 19.9 Å². The Morgan fingerprint density at radius 1 is 1.38 bits per heavy atom. The van der Waals surface area contributed by atoms with Crippen molar-refractivity contribution in [3.63, 3.8) is 0 Å². The van der Waals surface area contributed by atoms with Crippen molar-refractivity contribution in [3.05, 3.63) is 0 Å². The lowest BCUT2D eigenvalue weighted by Crippen LogP contribution is -2.40. The van der Waals surface area contributed by atoms with E-state index in [0.717, 1.165) is 6.54 Å². The number of hydrogen-bond donors (Lipinski definition) is 2. The number of nitrogens with zero attached hydrogens (tertiary/aromatic N) is 2. The Balaban J connectivity index is 3.77. The number of amidine groups is 1. The van der Waals surface area contributed by atoms with E-state index in [1.54, 1.807) is 7.11 Å². The molecular formula is C10H23N3O3. The summed E-state index contributed by atoms with van der Waals surface area (Å²) in [6.45, 7) is 7.10. The number of hydrogen-bond acceptors (Lipinski definition) is 5. The fourth-order valence-electron chi connectivity index (χ4n) is 1.19. The highest BCUT2D eigenvalue weighted by Gasteiger charge is 2.10. The van der Waals surface area contributed by atoms with E-state index in [2.05, 4.69) is 23.9 Å². The number of oxime groups is 1. The second kappa shape index (κ2) is 9.38. The van der Waals surface area contributed by atoms with E-state index in [1.165, 1.54) is 0 Å². The summed E-state index contributed by atoms with van der Waals surface area (Å²) in [5.41, 5.74) is 5.46. The number of methoxy groups -OCH3 is 1. The first-order valence-corrected chi connectivity index (χ1v) is 5.39. The van der Waals surface area contributed by atoms with Gasteiger partial charge in [-0.15, -0.1) is 0 Å². The van der Waals surface area contributed by atoms with Crippen LogP contribution in [0.3, 0.4) is 0 Å². The summed E-state index contributed by atoms with van der Waals surface area (Å²) in [5.74, 6) is 0.214. The Morgan fingerprint density at radius 2 is 2.06 bits per heavy atom. The van der Waals surface area contributed by atoms with Gasteiger partial charge in [0.25, 0.3) is 0 Å². The summed E-state index contributed by atoms with van der Waals surface area (Å²) in [6.07, 6.45) is 0. The molecule has 0 aromatic heterocycles. The summed E-state index contributed by atoms with van der Waals surface area (Å²) in [5, 5.41) is 11.5. The third kappa shape index (κ3) is 7.44. The minimum atomic E-state index is 0.214. The fourth-order valence-corrected chi connectivity index (χ4v) is 1.19. The molecule has 0 aromatic rings. The van der Waals surface area contributed by atoms with E-state index in [9.17, 15) is 0 Å². The Morgan fingerprint density at radius 3 is 2.56 bits per heavy atom. The molecule has 0 aliphatic heterocycles. The van der Waals surface area contributed by atoms with Crippen LogP contribution in [0.4, 0.5) is 0 Å². The second-order valence-corrected chi connectivity index (χ2v) is 3.76. The van der Waals surface area contributed by atoms with Crippen LogP contribution in [0, 0.1) is 0 Å². The molecule has 0 radical (unpaired) electrons. The van der Waals surface area contributed by atoms with E-state index in [-0.39, 0.29) is 5.84 Å². The summed E-state index contributed by atoms with van der Waals surface area (Å²) in [7, 11) is 1.64. The molecule has 0 aromatic carbocycles. The lowest BCUT2D eigenvalue weighted by atomic mass is 10.3. The van der Waals surface area contributed by atoms with Crippen LogP contribution in [-0.4, -0.2) is 62.0 Å². The van der Waals surface area contributed by atoms with E-state index in [1.807, 2.05) is 0 Å². The third-order valence-electron chi connectivity index (χ3n) is 2.18. The molecule has 0 saturated carbocycles. The summed E-state index contributed by atoms with van der Waals surface area (Å²) >= 11 is 0. The second-order valence-electron chi connectivity index (χ2n) is 3.76. The first-order chi connectivity index (χ1) is 7.61. The molecule has 16 heavy (non-hydrogen) atoms. The van der Waals surface area contributed by atoms with Gasteiger partial charge in [-0.1, -0.05) is 5.16 Å². The molecule has 96 valence electrons. The minimum absolute atomic E-state index is 0.214. The molecule has 0 rings (SSSR count). The normalized spacial score (nSPS) is 12.7. The molecule has 3 N–H and O–H groups in total. The Labute approximate surface area is 97.0 Å². The van der Waals surface area contributed by atoms with Crippen molar-refractivity contribution < 1.29 is 14.7 Å². The van der Waals surface area contributed by atoms with Crippen molar-refractivity contribution in [2.75, 3.05) is 40.0 Å². The van der Waals surface area contributed by atoms with Gasteiger partial charge < -0.3 is 20.4 Å². The van der Waals surface area contributed by atoms with Crippen molar-refractivity contribution in [2.24, 2.45) is 10.9 Å². The van der Waals surface area contributed by atoms with Gasteiger partial charge in [-0.2, -0.15) is 0 Å². The largest absolute Gasteiger partial charge is 0.409 e. The van der Waals surface area contributed by atoms with Gasteiger partial charge in [0.05, 0.1) is 26.4 Å². The SMILES string of the molecule is COCCOCCN(CC(N)=NO)C(C)C. The van der Waals surface area contributed by atoms with Crippen molar-refractivity contribution >= 4 is 5.84 Å². The predicted molar refractivity (Wildman–Crippen MR) is 62.8 cm³/mol. The van der Waals surface area contributed by atoms with Crippen molar-refractivity contribution in [3.8, 4) is 0 Å². The Hall–Kier alpha value is -0.850. The monoisotopic (exact) mass is 233 g/mol. The van der Waals surface area contributed by atoms with Crippen LogP contribution < -0.4 is 5.73 Å². The average Bonchev–Trinajstić information content (AvgIpc) is 2.26. The molecule has 0 bridgehead atoms. The van der Waals surface area contributed by atoms with E-state index in [0.29, 0.717) is 32.4 Å². The molecule has 6 nitrogen and oxygen atoms in total. The zero-order chi connectivity index (χ0) is 12.4. The summed E-state index contributed by atoms with van der Waals surface area (Å²) in [6, 6.07) is 0.325. The van der Waals surface area contributed by atoms with Gasteiger partial charge in [-0.3, -0.25) is 4.90 Å². The molecule has 6 heteroatoms. The molecule has 0 heterocycles. The number of ether oxygens (including phenoxy) is 2. The van der Waals surface area contributed by atoms with Gasteiger partial charge in [0.2, 0.25) is 0 Å². The van der Waals surface area contributed by atoms with E-state index < -0.39 is 0 Å². The fraction of sp³-hybridized carbons (Fsp3) is 0.900. The maximum Gasteiger partial charge on any atom is 0.153 e. The van der Waals surface area contributed by atoms with Crippen LogP contribution in [0.15, 0.2) is 5.16 Å². The van der Waals surface area contributed by atoms with E-state index in [4.69, 9.17) is 20.4 Å². The van der Waals surface area contributed by atoms with Crippen LogP contribution in [-0.2, 0) is 9.47 Å². The van der Waals surface area contributed by atoms with Crippen LogP contribution in [0.5, 0.6) is 0 Å². The molecule has 0 spiro atoms. The first kappa shape index (κ1) is 15.2.